The number of aryl methyl sites for hydroxylation is 2. The van der Waals surface area contributed by atoms with E-state index in [1.165, 1.54) is 16.7 Å². The van der Waals surface area contributed by atoms with Crippen LogP contribution in [0.1, 0.15) is 29.7 Å². The van der Waals surface area contributed by atoms with E-state index in [1.807, 2.05) is 0 Å². The van der Waals surface area contributed by atoms with Crippen LogP contribution < -0.4 is 10.6 Å². The molecule has 2 atom stereocenters. The van der Waals surface area contributed by atoms with E-state index in [1.54, 1.807) is 0 Å². The largest absolute Gasteiger partial charge is 0.311 e. The average molecular weight is 204 g/mol. The molecule has 0 amide bonds. The first kappa shape index (κ1) is 10.7. The molecule has 1 saturated heterocycles. The molecular formula is C13H20N2. The van der Waals surface area contributed by atoms with Gasteiger partial charge in [-0.3, -0.25) is 0 Å². The summed E-state index contributed by atoms with van der Waals surface area (Å²) in [5.74, 6) is 0. The molecule has 1 aromatic rings. The Labute approximate surface area is 92.1 Å². The molecule has 1 heterocycles. The Hall–Kier alpha value is -0.860. The van der Waals surface area contributed by atoms with E-state index in [4.69, 9.17) is 0 Å². The molecule has 2 nitrogen and oxygen atoms in total. The van der Waals surface area contributed by atoms with Gasteiger partial charge in [0.25, 0.3) is 0 Å². The summed E-state index contributed by atoms with van der Waals surface area (Å²) in [7, 11) is 0. The van der Waals surface area contributed by atoms with Gasteiger partial charge in [-0.15, -0.1) is 0 Å². The van der Waals surface area contributed by atoms with Crippen molar-refractivity contribution >= 4 is 0 Å². The van der Waals surface area contributed by atoms with Crippen molar-refractivity contribution in [3.05, 3.63) is 34.9 Å². The molecule has 1 aromatic carbocycles. The summed E-state index contributed by atoms with van der Waals surface area (Å²) >= 11 is 0. The van der Waals surface area contributed by atoms with Gasteiger partial charge >= 0.3 is 0 Å². The molecule has 1 fully saturated rings. The normalized spacial score (nSPS) is 26.6. The molecule has 0 spiro atoms. The molecule has 1 aliphatic heterocycles. The van der Waals surface area contributed by atoms with Crippen molar-refractivity contribution in [3.8, 4) is 0 Å². The van der Waals surface area contributed by atoms with E-state index < -0.39 is 0 Å². The van der Waals surface area contributed by atoms with Crippen LogP contribution in [0.15, 0.2) is 18.2 Å². The van der Waals surface area contributed by atoms with Crippen LogP contribution in [0.5, 0.6) is 0 Å². The third kappa shape index (κ3) is 2.21. The van der Waals surface area contributed by atoms with Crippen molar-refractivity contribution < 1.29 is 0 Å². The van der Waals surface area contributed by atoms with Crippen LogP contribution in [0, 0.1) is 13.8 Å². The van der Waals surface area contributed by atoms with E-state index in [0.717, 1.165) is 13.1 Å². The van der Waals surface area contributed by atoms with E-state index >= 15 is 0 Å². The molecular weight excluding hydrogens is 184 g/mol. The maximum Gasteiger partial charge on any atom is 0.0473 e. The molecule has 0 aliphatic carbocycles. The van der Waals surface area contributed by atoms with Gasteiger partial charge in [-0.05, 0) is 37.5 Å². The van der Waals surface area contributed by atoms with Crippen molar-refractivity contribution in [2.24, 2.45) is 0 Å². The first-order valence-electron chi connectivity index (χ1n) is 5.72. The van der Waals surface area contributed by atoms with Gasteiger partial charge in [0.15, 0.2) is 0 Å². The van der Waals surface area contributed by atoms with Crippen LogP contribution in [0.2, 0.25) is 0 Å². The molecule has 0 radical (unpaired) electrons. The van der Waals surface area contributed by atoms with Crippen molar-refractivity contribution in [1.82, 2.24) is 10.6 Å². The monoisotopic (exact) mass is 204 g/mol. The molecule has 0 bridgehead atoms. The predicted octanol–water partition coefficient (Wildman–Crippen LogP) is 1.93. The zero-order valence-corrected chi connectivity index (χ0v) is 9.80. The SMILES string of the molecule is Cc1ccc(C2NCCNC2C)cc1C. The number of rotatable bonds is 1. The highest BCUT2D eigenvalue weighted by molar-refractivity contribution is 5.32. The van der Waals surface area contributed by atoms with Crippen LogP contribution in [0.25, 0.3) is 0 Å². The Balaban J connectivity index is 2.24. The zero-order valence-electron chi connectivity index (χ0n) is 9.80. The van der Waals surface area contributed by atoms with Gasteiger partial charge in [-0.25, -0.2) is 0 Å². The molecule has 2 N–H and O–H groups in total. The lowest BCUT2D eigenvalue weighted by molar-refractivity contribution is 0.345. The number of hydrogen-bond acceptors (Lipinski definition) is 2. The van der Waals surface area contributed by atoms with Gasteiger partial charge in [-0.2, -0.15) is 0 Å². The van der Waals surface area contributed by atoms with Gasteiger partial charge < -0.3 is 10.6 Å². The molecule has 0 saturated carbocycles. The second-order valence-corrected chi connectivity index (χ2v) is 4.52. The second-order valence-electron chi connectivity index (χ2n) is 4.52. The van der Waals surface area contributed by atoms with E-state index in [9.17, 15) is 0 Å². The Morgan fingerprint density at radius 1 is 1.07 bits per heavy atom. The lowest BCUT2D eigenvalue weighted by atomic mass is 9.95. The molecule has 2 unspecified atom stereocenters. The van der Waals surface area contributed by atoms with Gasteiger partial charge in [-0.1, -0.05) is 18.2 Å². The lowest BCUT2D eigenvalue weighted by Crippen LogP contribution is -2.49. The van der Waals surface area contributed by atoms with E-state index in [2.05, 4.69) is 49.6 Å². The molecule has 2 heteroatoms. The van der Waals surface area contributed by atoms with E-state index in [-0.39, 0.29) is 0 Å². The zero-order chi connectivity index (χ0) is 10.8. The van der Waals surface area contributed by atoms with Crippen LogP contribution >= 0.6 is 0 Å². The minimum atomic E-state index is 0.457. The highest BCUT2D eigenvalue weighted by Crippen LogP contribution is 2.21. The predicted molar refractivity (Wildman–Crippen MR) is 64.1 cm³/mol. The van der Waals surface area contributed by atoms with E-state index in [0.29, 0.717) is 12.1 Å². The van der Waals surface area contributed by atoms with Crippen molar-refractivity contribution in [1.29, 1.82) is 0 Å². The minimum Gasteiger partial charge on any atom is -0.311 e. The molecule has 82 valence electrons. The smallest absolute Gasteiger partial charge is 0.0473 e. The van der Waals surface area contributed by atoms with Crippen LogP contribution in [0.3, 0.4) is 0 Å². The standard InChI is InChI=1S/C13H20N2/c1-9-4-5-12(8-10(9)2)13-11(3)14-6-7-15-13/h4-5,8,11,13-15H,6-7H2,1-3H3. The second kappa shape index (κ2) is 4.33. The van der Waals surface area contributed by atoms with Gasteiger partial charge in [0, 0.05) is 25.2 Å². The number of nitrogens with one attached hydrogen (secondary N) is 2. The third-order valence-corrected chi connectivity index (χ3v) is 3.35. The molecule has 15 heavy (non-hydrogen) atoms. The lowest BCUT2D eigenvalue weighted by Gasteiger charge is -2.31. The summed E-state index contributed by atoms with van der Waals surface area (Å²) < 4.78 is 0. The molecule has 1 aliphatic rings. The summed E-state index contributed by atoms with van der Waals surface area (Å²) in [5, 5.41) is 7.07. The van der Waals surface area contributed by atoms with Crippen LogP contribution in [-0.4, -0.2) is 19.1 Å². The van der Waals surface area contributed by atoms with Crippen molar-refractivity contribution in [2.45, 2.75) is 32.9 Å². The van der Waals surface area contributed by atoms with Gasteiger partial charge in [0.2, 0.25) is 0 Å². The Morgan fingerprint density at radius 2 is 1.80 bits per heavy atom. The van der Waals surface area contributed by atoms with Crippen LogP contribution in [0.4, 0.5) is 0 Å². The Bertz CT molecular complexity index is 346. The highest BCUT2D eigenvalue weighted by atomic mass is 15.1. The first-order chi connectivity index (χ1) is 7.18. The summed E-state index contributed by atoms with van der Waals surface area (Å²) in [5.41, 5.74) is 4.15. The molecule has 2 rings (SSSR count). The summed E-state index contributed by atoms with van der Waals surface area (Å²) in [6, 6.07) is 7.73. The van der Waals surface area contributed by atoms with Crippen LogP contribution in [-0.2, 0) is 0 Å². The third-order valence-electron chi connectivity index (χ3n) is 3.35. The van der Waals surface area contributed by atoms with Crippen molar-refractivity contribution in [3.63, 3.8) is 0 Å². The quantitative estimate of drug-likeness (QED) is 0.730. The average Bonchev–Trinajstić information content (AvgIpc) is 2.23. The first-order valence-corrected chi connectivity index (χ1v) is 5.72. The summed E-state index contributed by atoms with van der Waals surface area (Å²) in [4.78, 5) is 0. The Kier molecular flexibility index (Phi) is 3.08. The van der Waals surface area contributed by atoms with Crippen molar-refractivity contribution in [2.75, 3.05) is 13.1 Å². The number of hydrogen-bond donors (Lipinski definition) is 2. The maximum absolute atomic E-state index is 3.57. The fourth-order valence-electron chi connectivity index (χ4n) is 2.19. The number of benzene rings is 1. The summed E-state index contributed by atoms with van der Waals surface area (Å²) in [6.07, 6.45) is 0. The Morgan fingerprint density at radius 3 is 2.47 bits per heavy atom. The maximum atomic E-state index is 3.57. The number of piperazine rings is 1. The van der Waals surface area contributed by atoms with Gasteiger partial charge in [0.05, 0.1) is 0 Å². The topological polar surface area (TPSA) is 24.1 Å². The minimum absolute atomic E-state index is 0.457. The fraction of sp³-hybridized carbons (Fsp3) is 0.538. The molecule has 0 aromatic heterocycles. The van der Waals surface area contributed by atoms with Gasteiger partial charge in [0.1, 0.15) is 0 Å². The highest BCUT2D eigenvalue weighted by Gasteiger charge is 2.21. The summed E-state index contributed by atoms with van der Waals surface area (Å²) in [6.45, 7) is 8.71. The fourth-order valence-corrected chi connectivity index (χ4v) is 2.19.